The predicted octanol–water partition coefficient (Wildman–Crippen LogP) is -0.0100. The van der Waals surface area contributed by atoms with E-state index in [4.69, 9.17) is 0 Å². The molecule has 4 heteroatoms. The fraction of sp³-hybridized carbons (Fsp3) is 0. The van der Waals surface area contributed by atoms with E-state index in [9.17, 15) is 0 Å². The SMILES string of the molecule is [Co].[Cu].[Fe].[Ni]. The summed E-state index contributed by atoms with van der Waals surface area (Å²) in [4.78, 5) is 0. The first-order valence-electron chi connectivity index (χ1n) is 0. The Bertz CT molecular complexity index is 8.00. The second kappa shape index (κ2) is 19.8. The first-order valence-corrected chi connectivity index (χ1v) is 0. The van der Waals surface area contributed by atoms with Gasteiger partial charge >= 0.3 is 0 Å². The molecule has 0 aromatic heterocycles. The zero-order valence-electron chi connectivity index (χ0n) is 1.30. The molecule has 0 aliphatic heterocycles. The van der Waals surface area contributed by atoms with E-state index in [-0.39, 0.29) is 67.4 Å². The Kier molecular flexibility index (Phi) is 182. The maximum absolute atomic E-state index is 0. The van der Waals surface area contributed by atoms with Gasteiger partial charge in [0, 0.05) is 67.4 Å². The Morgan fingerprint density at radius 3 is 1.00 bits per heavy atom. The second-order valence-corrected chi connectivity index (χ2v) is 0. The smallest absolute Gasteiger partial charge is 0 e. The molecule has 0 bridgehead atoms. The standard InChI is InChI=1S/Co.Cu.Fe.Ni. The average Bonchev–Trinajstić information content (AvgIpc) is 0. The molecule has 0 atom stereocenters. The molecule has 0 spiro atoms. The summed E-state index contributed by atoms with van der Waals surface area (Å²) in [6.45, 7) is 0. The average molecular weight is 237 g/mol. The molecule has 0 N–H and O–H groups in total. The van der Waals surface area contributed by atoms with Crippen molar-refractivity contribution in [2.45, 2.75) is 0 Å². The van der Waals surface area contributed by atoms with E-state index >= 15 is 0 Å². The number of hydrogen-bond donors (Lipinski definition) is 0. The minimum absolute atomic E-state index is 0. The summed E-state index contributed by atoms with van der Waals surface area (Å²) in [6, 6.07) is 0. The van der Waals surface area contributed by atoms with Gasteiger partial charge in [-0.1, -0.05) is 0 Å². The summed E-state index contributed by atoms with van der Waals surface area (Å²) in [7, 11) is 0. The maximum Gasteiger partial charge on any atom is 0 e. The van der Waals surface area contributed by atoms with Crippen LogP contribution in [0.2, 0.25) is 0 Å². The minimum Gasteiger partial charge on any atom is 0 e. The van der Waals surface area contributed by atoms with E-state index in [1.54, 1.807) is 0 Å². The van der Waals surface area contributed by atoms with Crippen molar-refractivity contribution >= 4 is 0 Å². The zero-order chi connectivity index (χ0) is 0. The molecule has 38 valence electrons. The van der Waals surface area contributed by atoms with Crippen LogP contribution in [-0.4, -0.2) is 0 Å². The van der Waals surface area contributed by atoms with E-state index in [1.165, 1.54) is 0 Å². The molecular formula is CoCuFeNi. The molecular weight excluding hydrogens is 237 g/mol. The molecule has 0 rings (SSSR count). The van der Waals surface area contributed by atoms with Crippen molar-refractivity contribution in [2.24, 2.45) is 0 Å². The first-order chi connectivity index (χ1) is 0. The van der Waals surface area contributed by atoms with Crippen molar-refractivity contribution in [2.75, 3.05) is 0 Å². The van der Waals surface area contributed by atoms with Crippen molar-refractivity contribution in [3.8, 4) is 0 Å². The van der Waals surface area contributed by atoms with Gasteiger partial charge in [-0.2, -0.15) is 0 Å². The topological polar surface area (TPSA) is 0 Å². The van der Waals surface area contributed by atoms with Gasteiger partial charge < -0.3 is 0 Å². The van der Waals surface area contributed by atoms with E-state index < -0.39 is 0 Å². The third-order valence-electron chi connectivity index (χ3n) is 0. The summed E-state index contributed by atoms with van der Waals surface area (Å²) in [6.07, 6.45) is 0. The van der Waals surface area contributed by atoms with Crippen LogP contribution in [0.1, 0.15) is 0 Å². The summed E-state index contributed by atoms with van der Waals surface area (Å²) in [5.41, 5.74) is 0. The molecule has 0 aromatic rings. The Labute approximate surface area is 66.9 Å². The molecule has 0 saturated heterocycles. The Hall–Kier alpha value is 2.04. The molecule has 0 aromatic carbocycles. The summed E-state index contributed by atoms with van der Waals surface area (Å²) >= 11 is 0. The van der Waals surface area contributed by atoms with E-state index in [0.29, 0.717) is 0 Å². The third-order valence-corrected chi connectivity index (χ3v) is 0. The first kappa shape index (κ1) is 36.9. The molecule has 0 heterocycles. The minimum atomic E-state index is 0. The summed E-state index contributed by atoms with van der Waals surface area (Å²) < 4.78 is 0. The van der Waals surface area contributed by atoms with Gasteiger partial charge in [-0.15, -0.1) is 0 Å². The quantitative estimate of drug-likeness (QED) is 0.520. The third kappa shape index (κ3) is 8.97. The molecule has 4 heavy (non-hydrogen) atoms. The Balaban J connectivity index is 0. The van der Waals surface area contributed by atoms with Crippen LogP contribution in [0.3, 0.4) is 0 Å². The number of hydrogen-bond acceptors (Lipinski definition) is 0. The fourth-order valence-electron chi connectivity index (χ4n) is 0. The molecule has 0 saturated carbocycles. The molecule has 0 aliphatic carbocycles. The van der Waals surface area contributed by atoms with Crippen LogP contribution >= 0.6 is 0 Å². The Morgan fingerprint density at radius 2 is 1.00 bits per heavy atom. The molecule has 0 aliphatic rings. The van der Waals surface area contributed by atoms with Gasteiger partial charge in [0.15, 0.2) is 0 Å². The van der Waals surface area contributed by atoms with Crippen molar-refractivity contribution < 1.29 is 67.4 Å². The second-order valence-electron chi connectivity index (χ2n) is 0. The van der Waals surface area contributed by atoms with Gasteiger partial charge in [0.1, 0.15) is 0 Å². The van der Waals surface area contributed by atoms with E-state index in [1.807, 2.05) is 0 Å². The van der Waals surface area contributed by atoms with Crippen LogP contribution in [0, 0.1) is 0 Å². The van der Waals surface area contributed by atoms with Gasteiger partial charge in [-0.3, -0.25) is 0 Å². The fourth-order valence-corrected chi connectivity index (χ4v) is 0. The maximum atomic E-state index is 0. The molecule has 0 amide bonds. The van der Waals surface area contributed by atoms with Crippen LogP contribution in [-0.2, 0) is 67.4 Å². The van der Waals surface area contributed by atoms with Crippen molar-refractivity contribution in [3.63, 3.8) is 0 Å². The van der Waals surface area contributed by atoms with Gasteiger partial charge in [-0.05, 0) is 0 Å². The van der Waals surface area contributed by atoms with Gasteiger partial charge in [0.25, 0.3) is 0 Å². The van der Waals surface area contributed by atoms with Crippen molar-refractivity contribution in [1.29, 1.82) is 0 Å². The van der Waals surface area contributed by atoms with Crippen LogP contribution in [0.5, 0.6) is 0 Å². The molecule has 0 nitrogen and oxygen atoms in total. The van der Waals surface area contributed by atoms with Crippen LogP contribution in [0.15, 0.2) is 0 Å². The van der Waals surface area contributed by atoms with Crippen LogP contribution in [0.4, 0.5) is 0 Å². The van der Waals surface area contributed by atoms with E-state index in [0.717, 1.165) is 0 Å². The number of rotatable bonds is 0. The largest absolute Gasteiger partial charge is 0 e. The molecule has 2 radical (unpaired) electrons. The monoisotopic (exact) mass is 236 g/mol. The van der Waals surface area contributed by atoms with Gasteiger partial charge in [0.2, 0.25) is 0 Å². The predicted molar refractivity (Wildman–Crippen MR) is 0 cm³/mol. The normalized spacial score (nSPS) is 0. The molecule has 0 fully saturated rings. The van der Waals surface area contributed by atoms with Gasteiger partial charge in [-0.25, -0.2) is 0 Å². The van der Waals surface area contributed by atoms with Gasteiger partial charge in [0.05, 0.1) is 0 Å². The van der Waals surface area contributed by atoms with Crippen LogP contribution in [0.25, 0.3) is 0 Å². The zero-order valence-corrected chi connectivity index (χ0v) is 5.38. The van der Waals surface area contributed by atoms with Crippen molar-refractivity contribution in [3.05, 3.63) is 0 Å². The molecule has 0 unspecified atom stereocenters. The van der Waals surface area contributed by atoms with E-state index in [2.05, 4.69) is 0 Å². The van der Waals surface area contributed by atoms with Crippen LogP contribution < -0.4 is 0 Å². The summed E-state index contributed by atoms with van der Waals surface area (Å²) in [5.74, 6) is 0. The summed E-state index contributed by atoms with van der Waals surface area (Å²) in [5, 5.41) is 0. The Morgan fingerprint density at radius 1 is 1.00 bits per heavy atom. The van der Waals surface area contributed by atoms with Crippen molar-refractivity contribution in [1.82, 2.24) is 0 Å².